The summed E-state index contributed by atoms with van der Waals surface area (Å²) in [5.74, 6) is -2.63. The fourth-order valence-electron chi connectivity index (χ4n) is 9.77. The summed E-state index contributed by atoms with van der Waals surface area (Å²) in [6.45, 7) is 10.5. The summed E-state index contributed by atoms with van der Waals surface area (Å²) < 4.78 is 35.2. The van der Waals surface area contributed by atoms with Crippen molar-refractivity contribution in [3.8, 4) is 5.75 Å². The van der Waals surface area contributed by atoms with Crippen LogP contribution in [0.25, 0.3) is 0 Å². The van der Waals surface area contributed by atoms with Crippen LogP contribution in [0.5, 0.6) is 5.75 Å². The minimum atomic E-state index is -1.92. The third-order valence-electron chi connectivity index (χ3n) is 14.8. The molecule has 0 aromatic heterocycles. The van der Waals surface area contributed by atoms with Gasteiger partial charge in [-0.25, -0.2) is 19.2 Å². The van der Waals surface area contributed by atoms with Crippen LogP contribution in [-0.4, -0.2) is 165 Å². The van der Waals surface area contributed by atoms with E-state index in [0.717, 1.165) is 11.1 Å². The largest absolute Gasteiger partial charge is 0.495 e. The number of ether oxygens (including phenoxy) is 6. The van der Waals surface area contributed by atoms with Gasteiger partial charge < -0.3 is 75.6 Å². The van der Waals surface area contributed by atoms with Crippen molar-refractivity contribution >= 4 is 70.8 Å². The number of likely N-dealkylation sites (N-methyl/N-ethyl adjacent to an activating group) is 1. The van der Waals surface area contributed by atoms with E-state index >= 15 is 0 Å². The van der Waals surface area contributed by atoms with Crippen LogP contribution in [-0.2, 0) is 60.7 Å². The quantitative estimate of drug-likeness (QED) is 0.0543. The Bertz CT molecular complexity index is 2680. The van der Waals surface area contributed by atoms with Gasteiger partial charge in [0.2, 0.25) is 23.6 Å². The molecule has 9 atom stereocenters. The zero-order valence-electron chi connectivity index (χ0n) is 48.1. The van der Waals surface area contributed by atoms with E-state index in [1.165, 1.54) is 57.0 Å². The van der Waals surface area contributed by atoms with Gasteiger partial charge in [-0.1, -0.05) is 61.4 Å². The number of hydrogen-bond acceptors (Lipinski definition) is 16. The molecule has 6 rings (SSSR count). The Balaban J connectivity index is 1.20. The summed E-state index contributed by atoms with van der Waals surface area (Å²) in [5, 5.41) is 22.5. The van der Waals surface area contributed by atoms with E-state index in [-0.39, 0.29) is 62.7 Å². The predicted molar refractivity (Wildman–Crippen MR) is 300 cm³/mol. The average molecular weight is 1150 g/mol. The third kappa shape index (κ3) is 17.0. The highest BCUT2D eigenvalue weighted by Crippen LogP contribution is 2.50. The maximum Gasteiger partial charge on any atom is 0.409 e. The van der Waals surface area contributed by atoms with Gasteiger partial charge in [0.15, 0.2) is 5.72 Å². The number of amides is 8. The number of esters is 1. The number of methoxy groups -OCH3 is 2. The molecular formula is C56H80ClN9O15. The molecule has 2 fully saturated rings. The zero-order chi connectivity index (χ0) is 60.1. The van der Waals surface area contributed by atoms with Crippen molar-refractivity contribution in [3.63, 3.8) is 0 Å². The smallest absolute Gasteiger partial charge is 0.409 e. The second-order valence-electron chi connectivity index (χ2n) is 21.7. The van der Waals surface area contributed by atoms with Gasteiger partial charge in [-0.15, -0.1) is 0 Å². The van der Waals surface area contributed by atoms with Crippen LogP contribution >= 0.6 is 11.6 Å². The number of anilines is 2. The van der Waals surface area contributed by atoms with Gasteiger partial charge in [0.1, 0.15) is 59.0 Å². The molecule has 6 bridgehead atoms. The van der Waals surface area contributed by atoms with Crippen LogP contribution in [0.2, 0.25) is 5.02 Å². The van der Waals surface area contributed by atoms with E-state index in [1.54, 1.807) is 76.2 Å². The molecule has 25 heteroatoms. The minimum absolute atomic E-state index is 0.0657. The zero-order valence-corrected chi connectivity index (χ0v) is 48.8. The molecule has 446 valence electrons. The summed E-state index contributed by atoms with van der Waals surface area (Å²) in [4.78, 5) is 109. The molecule has 0 spiro atoms. The third-order valence-corrected chi connectivity index (χ3v) is 15.2. The summed E-state index contributed by atoms with van der Waals surface area (Å²) in [7, 11) is 7.35. The highest BCUT2D eigenvalue weighted by atomic mass is 35.5. The first kappa shape index (κ1) is 64.8. The van der Waals surface area contributed by atoms with Gasteiger partial charge in [-0.3, -0.25) is 24.5 Å². The maximum absolute atomic E-state index is 14.4. The molecule has 0 aliphatic carbocycles. The predicted octanol–water partition coefficient (Wildman–Crippen LogP) is 4.56. The molecule has 8 amide bonds. The first-order chi connectivity index (χ1) is 38.0. The van der Waals surface area contributed by atoms with E-state index in [4.69, 9.17) is 51.5 Å². The Labute approximate surface area is 477 Å². The minimum Gasteiger partial charge on any atom is -0.495 e. The molecule has 9 N–H and O–H groups in total. The number of allylic oxidation sites excluding steroid dienone is 3. The number of urea groups is 1. The number of hydrogen-bond donors (Lipinski definition) is 7. The number of nitrogens with zero attached hydrogens (tertiary/aromatic N) is 3. The number of aliphatic hydroxyl groups is 1. The molecule has 0 saturated carbocycles. The Kier molecular flexibility index (Phi) is 22.5. The van der Waals surface area contributed by atoms with Crippen molar-refractivity contribution in [3.05, 3.63) is 76.3 Å². The number of benzene rings is 2. The number of rotatable bonds is 20. The summed E-state index contributed by atoms with van der Waals surface area (Å²) in [6.07, 6.45) is 0.912. The van der Waals surface area contributed by atoms with Gasteiger partial charge in [-0.05, 0) is 94.7 Å². The molecule has 24 nitrogen and oxygen atoms in total. The molecular weight excluding hydrogens is 1070 g/mol. The lowest BCUT2D eigenvalue weighted by Crippen LogP contribution is -2.72. The van der Waals surface area contributed by atoms with Crippen LogP contribution in [0.4, 0.5) is 25.8 Å². The topological polar surface area (TPSA) is 322 Å². The maximum atomic E-state index is 14.4. The van der Waals surface area contributed by atoms with E-state index in [1.807, 2.05) is 13.0 Å². The Morgan fingerprint density at radius 3 is 2.32 bits per heavy atom. The molecule has 4 aliphatic heterocycles. The van der Waals surface area contributed by atoms with Gasteiger partial charge in [0.05, 0.1) is 25.3 Å². The number of alkyl carbamates (subject to hydrolysis) is 1. The second kappa shape index (κ2) is 28.1. The van der Waals surface area contributed by atoms with E-state index < -0.39 is 108 Å². The summed E-state index contributed by atoms with van der Waals surface area (Å²) in [6, 6.07) is 6.38. The number of halogens is 1. The Hall–Kier alpha value is -6.99. The highest BCUT2D eigenvalue weighted by molar-refractivity contribution is 6.35. The number of carbonyl (C=O) groups is 8. The molecule has 4 heterocycles. The van der Waals surface area contributed by atoms with Crippen LogP contribution in [0.3, 0.4) is 0 Å². The van der Waals surface area contributed by atoms with Crippen molar-refractivity contribution in [2.75, 3.05) is 58.7 Å². The van der Waals surface area contributed by atoms with Gasteiger partial charge in [0.25, 0.3) is 0 Å². The van der Waals surface area contributed by atoms with Gasteiger partial charge in [-0.2, -0.15) is 0 Å². The highest BCUT2D eigenvalue weighted by Gasteiger charge is 2.63. The lowest BCUT2D eigenvalue weighted by atomic mass is 9.72. The average Bonchev–Trinajstić information content (AvgIpc) is 3.40. The SMILES string of the molecule is COc1cc2cc(c1Cl)N(C)C(=O)C[C@H](OC(=O)[C@H](C)N(C)C(=O)CCCN(C)C(=O)OCc1ccc(NC(=O)[C@H](CCCNC(N)=O)NC(=O)[C@@H](N)C(C)C)cc1)[C@@]1(C)C[C@@](C)(O1)[C@@H]1C[C@@](O)(NC(=O)O1)[C@H](OC)/C=C/C=C(\C)C2. The van der Waals surface area contributed by atoms with E-state index in [2.05, 4.69) is 21.3 Å². The van der Waals surface area contributed by atoms with Crippen molar-refractivity contribution in [2.24, 2.45) is 17.4 Å². The Morgan fingerprint density at radius 2 is 1.69 bits per heavy atom. The van der Waals surface area contributed by atoms with Crippen molar-refractivity contribution in [1.82, 2.24) is 25.8 Å². The number of nitrogens with one attached hydrogen (secondary N) is 4. The molecule has 2 saturated heterocycles. The van der Waals surface area contributed by atoms with Crippen LogP contribution < -0.4 is 42.4 Å². The standard InChI is InChI=1S/C56H80ClN9O15/c1-32(2)47(58)49(70)62-38(16-13-23-60-51(59)72)48(69)61-37-21-19-35(20-22-37)30-78-53(74)64(7)24-14-18-44(67)65(8)34(4)50(71)79-42-28-45(68)66(9)39-26-36(27-40(76-10)46(39)57)25-33(3)15-12-17-41(77-11)56(75)29-43(80-52(73)63-56)55(6)31-54(42,5)81-55/h12,15,17,19-22,26-27,32,34,38,41-43,47,75H,13-14,16,18,23-25,28-31,58H2,1-11H3,(H,61,69)(H,62,70)(H,63,73)(H3,59,60,72)/b17-12+,33-15+/t34-,38-,41+,42-,43-,47-,54+,55+,56-/m0/s1. The lowest BCUT2D eigenvalue weighted by molar-refractivity contribution is -0.328. The van der Waals surface area contributed by atoms with E-state index in [0.29, 0.717) is 35.5 Å². The fraction of sp³-hybridized carbons (Fsp3) is 0.571. The van der Waals surface area contributed by atoms with Crippen molar-refractivity contribution in [1.29, 1.82) is 0 Å². The molecule has 0 radical (unpaired) electrons. The van der Waals surface area contributed by atoms with Gasteiger partial charge >= 0.3 is 24.2 Å². The number of nitrogens with two attached hydrogens (primary N) is 2. The monoisotopic (exact) mass is 1150 g/mol. The molecule has 0 unspecified atom stereocenters. The van der Waals surface area contributed by atoms with Crippen LogP contribution in [0.1, 0.15) is 97.6 Å². The first-order valence-corrected chi connectivity index (χ1v) is 27.2. The van der Waals surface area contributed by atoms with Crippen LogP contribution in [0.15, 0.2) is 60.2 Å². The summed E-state index contributed by atoms with van der Waals surface area (Å²) in [5.41, 5.74) is 9.62. The number of primary amides is 1. The summed E-state index contributed by atoms with van der Waals surface area (Å²) >= 11 is 6.82. The van der Waals surface area contributed by atoms with Gasteiger partial charge in [0, 0.05) is 66.3 Å². The molecule has 4 aliphatic rings. The second-order valence-corrected chi connectivity index (χ2v) is 22.1. The number of carbonyl (C=O) groups excluding carboxylic acids is 8. The Morgan fingerprint density at radius 1 is 1.01 bits per heavy atom. The molecule has 2 aromatic rings. The fourth-order valence-corrected chi connectivity index (χ4v) is 10.1. The van der Waals surface area contributed by atoms with Crippen LogP contribution in [0, 0.1) is 5.92 Å². The van der Waals surface area contributed by atoms with Crippen molar-refractivity contribution < 1.29 is 71.9 Å². The lowest BCUT2D eigenvalue weighted by Gasteiger charge is -2.59. The van der Waals surface area contributed by atoms with Crippen molar-refractivity contribution in [2.45, 2.75) is 153 Å². The molecule has 81 heavy (non-hydrogen) atoms. The first-order valence-electron chi connectivity index (χ1n) is 26.8. The number of fused-ring (bicyclic) bond motifs is 6. The normalized spacial score (nSPS) is 25.0. The molecule has 2 aromatic carbocycles. The van der Waals surface area contributed by atoms with E-state index in [9.17, 15) is 43.5 Å².